The quantitative estimate of drug-likeness (QED) is 0.904. The minimum atomic E-state index is -0.112. The number of aryl methyl sites for hydroxylation is 1. The Balaban J connectivity index is 1.91. The molecule has 20 heavy (non-hydrogen) atoms. The van der Waals surface area contributed by atoms with Crippen LogP contribution in [0.15, 0.2) is 33.5 Å². The van der Waals surface area contributed by atoms with Gasteiger partial charge >= 0.3 is 0 Å². The van der Waals surface area contributed by atoms with Crippen LogP contribution in [0.5, 0.6) is 0 Å². The molecule has 0 bridgehead atoms. The van der Waals surface area contributed by atoms with E-state index in [1.807, 2.05) is 25.1 Å². The molecule has 0 amide bonds. The summed E-state index contributed by atoms with van der Waals surface area (Å²) in [6.45, 7) is 2.68. The molecule has 1 heterocycles. The van der Waals surface area contributed by atoms with Crippen molar-refractivity contribution in [3.8, 4) is 11.4 Å². The minimum Gasteiger partial charge on any atom is -0.308 e. The lowest BCUT2D eigenvalue weighted by atomic mass is 10.1. The molecule has 2 N–H and O–H groups in total. The molecular formula is C15H16BrN3O. The van der Waals surface area contributed by atoms with Crippen molar-refractivity contribution in [2.45, 2.75) is 32.4 Å². The van der Waals surface area contributed by atoms with Gasteiger partial charge in [0.05, 0.1) is 5.69 Å². The molecule has 0 radical (unpaired) electrons. The van der Waals surface area contributed by atoms with E-state index in [9.17, 15) is 4.79 Å². The first-order valence-electron chi connectivity index (χ1n) is 6.72. The van der Waals surface area contributed by atoms with Gasteiger partial charge in [0.2, 0.25) is 0 Å². The van der Waals surface area contributed by atoms with Gasteiger partial charge in [-0.15, -0.1) is 0 Å². The van der Waals surface area contributed by atoms with Gasteiger partial charge in [0, 0.05) is 28.7 Å². The summed E-state index contributed by atoms with van der Waals surface area (Å²) in [5.74, 6) is 0.616. The van der Waals surface area contributed by atoms with E-state index >= 15 is 0 Å². The molecule has 1 aromatic heterocycles. The molecule has 1 aromatic carbocycles. The molecule has 2 aromatic rings. The minimum absolute atomic E-state index is 0.112. The number of hydrogen-bond donors (Lipinski definition) is 2. The Labute approximate surface area is 125 Å². The summed E-state index contributed by atoms with van der Waals surface area (Å²) < 4.78 is 1.01. The summed E-state index contributed by atoms with van der Waals surface area (Å²) in [7, 11) is 0. The average molecular weight is 334 g/mol. The van der Waals surface area contributed by atoms with E-state index in [1.54, 1.807) is 6.07 Å². The Kier molecular flexibility index (Phi) is 3.72. The number of halogens is 1. The molecule has 4 nitrogen and oxygen atoms in total. The zero-order valence-electron chi connectivity index (χ0n) is 11.2. The second-order valence-electron chi connectivity index (χ2n) is 5.20. The van der Waals surface area contributed by atoms with Gasteiger partial charge in [0.25, 0.3) is 5.56 Å². The predicted octanol–water partition coefficient (Wildman–Crippen LogP) is 2.76. The lowest BCUT2D eigenvalue weighted by Crippen LogP contribution is -2.19. The first-order valence-corrected chi connectivity index (χ1v) is 7.51. The maximum Gasteiger partial charge on any atom is 0.251 e. The number of hydrogen-bond acceptors (Lipinski definition) is 3. The first kappa shape index (κ1) is 13.5. The fourth-order valence-electron chi connectivity index (χ4n) is 2.01. The maximum atomic E-state index is 11.8. The van der Waals surface area contributed by atoms with Crippen LogP contribution in [0, 0.1) is 6.92 Å². The highest BCUT2D eigenvalue weighted by molar-refractivity contribution is 9.10. The monoisotopic (exact) mass is 333 g/mol. The third-order valence-electron chi connectivity index (χ3n) is 3.39. The number of nitrogens with one attached hydrogen (secondary N) is 2. The van der Waals surface area contributed by atoms with Gasteiger partial charge in [-0.1, -0.05) is 28.1 Å². The largest absolute Gasteiger partial charge is 0.308 e. The van der Waals surface area contributed by atoms with Crippen molar-refractivity contribution in [3.63, 3.8) is 0 Å². The Morgan fingerprint density at radius 2 is 2.20 bits per heavy atom. The van der Waals surface area contributed by atoms with Crippen molar-refractivity contribution in [1.29, 1.82) is 0 Å². The van der Waals surface area contributed by atoms with Crippen LogP contribution in [-0.2, 0) is 6.54 Å². The highest BCUT2D eigenvalue weighted by atomic mass is 79.9. The number of aromatic nitrogens is 2. The average Bonchev–Trinajstić information content (AvgIpc) is 3.23. The van der Waals surface area contributed by atoms with Crippen molar-refractivity contribution in [1.82, 2.24) is 15.3 Å². The molecule has 0 atom stereocenters. The van der Waals surface area contributed by atoms with Gasteiger partial charge in [-0.3, -0.25) is 4.79 Å². The SMILES string of the molecule is Cc1ccc(-c2nc(CNC3CC3)cc(=O)[nH]2)cc1Br. The van der Waals surface area contributed by atoms with Crippen LogP contribution < -0.4 is 10.9 Å². The second-order valence-corrected chi connectivity index (χ2v) is 6.06. The molecule has 5 heteroatoms. The molecular weight excluding hydrogens is 318 g/mol. The number of rotatable bonds is 4. The molecule has 1 aliphatic carbocycles. The Morgan fingerprint density at radius 3 is 2.90 bits per heavy atom. The summed E-state index contributed by atoms with van der Waals surface area (Å²) in [6.07, 6.45) is 2.45. The molecule has 0 unspecified atom stereocenters. The lowest BCUT2D eigenvalue weighted by Gasteiger charge is -2.07. The smallest absolute Gasteiger partial charge is 0.251 e. The van der Waals surface area contributed by atoms with Crippen molar-refractivity contribution in [2.75, 3.05) is 0 Å². The van der Waals surface area contributed by atoms with Gasteiger partial charge in [-0.05, 0) is 31.4 Å². The first-order chi connectivity index (χ1) is 9.61. The third-order valence-corrected chi connectivity index (χ3v) is 4.24. The standard InChI is InChI=1S/C15H16BrN3O/c1-9-2-3-10(6-13(9)16)15-18-12(7-14(20)19-15)8-17-11-4-5-11/h2-3,6-7,11,17H,4-5,8H2,1H3,(H,18,19,20). The molecule has 104 valence electrons. The van der Waals surface area contributed by atoms with E-state index in [2.05, 4.69) is 31.2 Å². The molecule has 1 saturated carbocycles. The molecule has 0 aliphatic heterocycles. The molecule has 1 aliphatic rings. The summed E-state index contributed by atoms with van der Waals surface area (Å²) in [5, 5.41) is 3.37. The Hall–Kier alpha value is -1.46. The highest BCUT2D eigenvalue weighted by Crippen LogP contribution is 2.23. The number of nitrogens with zero attached hydrogens (tertiary/aromatic N) is 1. The molecule has 0 spiro atoms. The van der Waals surface area contributed by atoms with E-state index < -0.39 is 0 Å². The lowest BCUT2D eigenvalue weighted by molar-refractivity contribution is 0.672. The van der Waals surface area contributed by atoms with E-state index in [4.69, 9.17) is 0 Å². The summed E-state index contributed by atoms with van der Waals surface area (Å²) in [4.78, 5) is 19.1. The van der Waals surface area contributed by atoms with Gasteiger partial charge in [-0.25, -0.2) is 4.98 Å². The summed E-state index contributed by atoms with van der Waals surface area (Å²) >= 11 is 3.51. The molecule has 1 fully saturated rings. The Bertz CT molecular complexity index is 692. The van der Waals surface area contributed by atoms with Crippen molar-refractivity contribution < 1.29 is 0 Å². The topological polar surface area (TPSA) is 57.8 Å². The summed E-state index contributed by atoms with van der Waals surface area (Å²) in [5.41, 5.74) is 2.74. The van der Waals surface area contributed by atoms with Gasteiger partial charge < -0.3 is 10.3 Å². The van der Waals surface area contributed by atoms with Crippen molar-refractivity contribution in [2.24, 2.45) is 0 Å². The van der Waals surface area contributed by atoms with Gasteiger partial charge in [-0.2, -0.15) is 0 Å². The van der Waals surface area contributed by atoms with Crippen LogP contribution in [0.1, 0.15) is 24.1 Å². The van der Waals surface area contributed by atoms with Crippen LogP contribution in [0.4, 0.5) is 0 Å². The zero-order valence-corrected chi connectivity index (χ0v) is 12.8. The van der Waals surface area contributed by atoms with E-state index in [1.165, 1.54) is 12.8 Å². The molecule has 3 rings (SSSR count). The third kappa shape index (κ3) is 3.16. The zero-order chi connectivity index (χ0) is 14.1. The fourth-order valence-corrected chi connectivity index (χ4v) is 2.39. The van der Waals surface area contributed by atoms with Crippen molar-refractivity contribution in [3.05, 3.63) is 50.3 Å². The number of benzene rings is 1. The van der Waals surface area contributed by atoms with Crippen LogP contribution in [-0.4, -0.2) is 16.0 Å². The number of aromatic amines is 1. The second kappa shape index (κ2) is 5.50. The van der Waals surface area contributed by atoms with E-state index in [-0.39, 0.29) is 5.56 Å². The molecule has 0 saturated heterocycles. The highest BCUT2D eigenvalue weighted by Gasteiger charge is 2.20. The fraction of sp³-hybridized carbons (Fsp3) is 0.333. The van der Waals surface area contributed by atoms with E-state index in [0.29, 0.717) is 18.4 Å². The van der Waals surface area contributed by atoms with Gasteiger partial charge in [0.15, 0.2) is 0 Å². The number of H-pyrrole nitrogens is 1. The van der Waals surface area contributed by atoms with Gasteiger partial charge in [0.1, 0.15) is 5.82 Å². The summed E-state index contributed by atoms with van der Waals surface area (Å²) in [6, 6.07) is 8.12. The van der Waals surface area contributed by atoms with Crippen LogP contribution in [0.2, 0.25) is 0 Å². The van der Waals surface area contributed by atoms with Crippen molar-refractivity contribution >= 4 is 15.9 Å². The van der Waals surface area contributed by atoms with Crippen LogP contribution >= 0.6 is 15.9 Å². The normalized spacial score (nSPS) is 14.5. The Morgan fingerprint density at radius 1 is 1.40 bits per heavy atom. The van der Waals surface area contributed by atoms with Crippen LogP contribution in [0.3, 0.4) is 0 Å². The predicted molar refractivity (Wildman–Crippen MR) is 82.6 cm³/mol. The van der Waals surface area contributed by atoms with E-state index in [0.717, 1.165) is 21.3 Å². The van der Waals surface area contributed by atoms with Crippen LogP contribution in [0.25, 0.3) is 11.4 Å². The maximum absolute atomic E-state index is 11.8.